The lowest BCUT2D eigenvalue weighted by molar-refractivity contribution is 0.0217. The zero-order chi connectivity index (χ0) is 14.2. The van der Waals surface area contributed by atoms with Crippen LogP contribution < -0.4 is 10.5 Å². The summed E-state index contributed by atoms with van der Waals surface area (Å²) in [5.74, 6) is 0.534. The van der Waals surface area contributed by atoms with Crippen molar-refractivity contribution in [2.45, 2.75) is 44.2 Å². The highest BCUT2D eigenvalue weighted by Crippen LogP contribution is 2.43. The van der Waals surface area contributed by atoms with E-state index in [1.807, 2.05) is 0 Å². The van der Waals surface area contributed by atoms with Crippen molar-refractivity contribution in [3.63, 3.8) is 0 Å². The Bertz CT molecular complexity index is 493. The van der Waals surface area contributed by atoms with Gasteiger partial charge in [0.2, 0.25) is 0 Å². The summed E-state index contributed by atoms with van der Waals surface area (Å²) in [5, 5.41) is 0. The minimum atomic E-state index is -0.239. The maximum Gasteiger partial charge on any atom is 0.125 e. The highest BCUT2D eigenvalue weighted by molar-refractivity contribution is 5.39. The molecule has 110 valence electrons. The predicted molar refractivity (Wildman–Crippen MR) is 77.3 cm³/mol. The normalized spacial score (nSPS) is 30.6. The predicted octanol–water partition coefficient (Wildman–Crippen LogP) is 2.85. The number of nitrogens with two attached hydrogens (primary N) is 1. The Morgan fingerprint density at radius 3 is 3.05 bits per heavy atom. The molecule has 1 fully saturated rings. The van der Waals surface area contributed by atoms with E-state index in [2.05, 4.69) is 11.8 Å². The Hall–Kier alpha value is -1.13. The Morgan fingerprint density at radius 2 is 2.25 bits per heavy atom. The van der Waals surface area contributed by atoms with Gasteiger partial charge in [0.15, 0.2) is 0 Å². The first-order valence-corrected chi connectivity index (χ1v) is 7.58. The fourth-order valence-corrected chi connectivity index (χ4v) is 3.53. The molecule has 2 N–H and O–H groups in total. The molecule has 2 aliphatic rings. The maximum absolute atomic E-state index is 13.3. The van der Waals surface area contributed by atoms with Crippen molar-refractivity contribution in [1.29, 1.82) is 0 Å². The van der Waals surface area contributed by atoms with Crippen molar-refractivity contribution in [2.75, 3.05) is 19.6 Å². The molecule has 1 spiro atoms. The second-order valence-electron chi connectivity index (χ2n) is 6.07. The van der Waals surface area contributed by atoms with Gasteiger partial charge in [-0.1, -0.05) is 6.92 Å². The number of hydrogen-bond donors (Lipinski definition) is 1. The average Bonchev–Trinajstić information content (AvgIpc) is 2.62. The average molecular weight is 278 g/mol. The number of ether oxygens (including phenoxy) is 1. The molecule has 2 aliphatic heterocycles. The van der Waals surface area contributed by atoms with Crippen molar-refractivity contribution in [3.05, 3.63) is 29.6 Å². The monoisotopic (exact) mass is 278 g/mol. The molecule has 0 aliphatic carbocycles. The summed E-state index contributed by atoms with van der Waals surface area (Å²) >= 11 is 0. The van der Waals surface area contributed by atoms with E-state index in [1.165, 1.54) is 12.1 Å². The Balaban J connectivity index is 1.85. The SMILES string of the molecule is CCN1CCCC2(CC1)CC(N)c1cc(F)ccc1O2. The fourth-order valence-electron chi connectivity index (χ4n) is 3.53. The zero-order valence-corrected chi connectivity index (χ0v) is 12.1. The highest BCUT2D eigenvalue weighted by atomic mass is 19.1. The first-order chi connectivity index (χ1) is 9.62. The van der Waals surface area contributed by atoms with Crippen LogP contribution in [0.2, 0.25) is 0 Å². The van der Waals surface area contributed by atoms with Crippen LogP contribution in [0.1, 0.15) is 44.2 Å². The Kier molecular flexibility index (Phi) is 3.69. The maximum atomic E-state index is 13.3. The molecular weight excluding hydrogens is 255 g/mol. The smallest absolute Gasteiger partial charge is 0.125 e. The van der Waals surface area contributed by atoms with E-state index < -0.39 is 0 Å². The van der Waals surface area contributed by atoms with Crippen molar-refractivity contribution in [3.8, 4) is 5.75 Å². The molecule has 3 rings (SSSR count). The molecule has 0 radical (unpaired) electrons. The lowest BCUT2D eigenvalue weighted by atomic mass is 9.82. The van der Waals surface area contributed by atoms with Crippen LogP contribution in [-0.4, -0.2) is 30.1 Å². The quantitative estimate of drug-likeness (QED) is 0.858. The van der Waals surface area contributed by atoms with Gasteiger partial charge in [0, 0.05) is 24.6 Å². The zero-order valence-electron chi connectivity index (χ0n) is 12.1. The standard InChI is InChI=1S/C16H23FN2O/c1-2-19-8-3-6-16(7-9-19)11-14(18)13-10-12(17)4-5-15(13)20-16/h4-5,10,14H,2-3,6-9,11,18H2,1H3. The van der Waals surface area contributed by atoms with E-state index in [4.69, 9.17) is 10.5 Å². The molecule has 2 unspecified atom stereocenters. The molecule has 2 heterocycles. The van der Waals surface area contributed by atoms with Gasteiger partial charge >= 0.3 is 0 Å². The summed E-state index contributed by atoms with van der Waals surface area (Å²) in [7, 11) is 0. The molecule has 1 aromatic rings. The van der Waals surface area contributed by atoms with E-state index in [0.717, 1.165) is 56.6 Å². The van der Waals surface area contributed by atoms with Crippen LogP contribution in [0.4, 0.5) is 4.39 Å². The minimum absolute atomic E-state index is 0.123. The van der Waals surface area contributed by atoms with Gasteiger partial charge in [-0.25, -0.2) is 4.39 Å². The highest BCUT2D eigenvalue weighted by Gasteiger charge is 2.40. The lowest BCUT2D eigenvalue weighted by Gasteiger charge is -2.41. The molecular formula is C16H23FN2O. The van der Waals surface area contributed by atoms with E-state index in [-0.39, 0.29) is 17.5 Å². The van der Waals surface area contributed by atoms with E-state index in [9.17, 15) is 4.39 Å². The largest absolute Gasteiger partial charge is 0.487 e. The molecule has 0 bridgehead atoms. The van der Waals surface area contributed by atoms with Crippen LogP contribution >= 0.6 is 0 Å². The molecule has 4 heteroatoms. The number of benzene rings is 1. The van der Waals surface area contributed by atoms with Crippen LogP contribution in [0.15, 0.2) is 18.2 Å². The van der Waals surface area contributed by atoms with E-state index in [1.54, 1.807) is 6.07 Å². The van der Waals surface area contributed by atoms with Gasteiger partial charge in [0.1, 0.15) is 17.2 Å². The van der Waals surface area contributed by atoms with Gasteiger partial charge < -0.3 is 15.4 Å². The third-order valence-electron chi connectivity index (χ3n) is 4.73. The van der Waals surface area contributed by atoms with Gasteiger partial charge in [-0.05, 0) is 50.6 Å². The molecule has 0 amide bonds. The number of hydrogen-bond acceptors (Lipinski definition) is 3. The van der Waals surface area contributed by atoms with E-state index in [0.29, 0.717) is 0 Å². The van der Waals surface area contributed by atoms with Crippen LogP contribution in [0.5, 0.6) is 5.75 Å². The van der Waals surface area contributed by atoms with Gasteiger partial charge in [-0.3, -0.25) is 0 Å². The van der Waals surface area contributed by atoms with Gasteiger partial charge in [0.05, 0.1) is 0 Å². The first-order valence-electron chi connectivity index (χ1n) is 7.58. The minimum Gasteiger partial charge on any atom is -0.487 e. The number of halogens is 1. The second-order valence-corrected chi connectivity index (χ2v) is 6.07. The molecule has 1 aromatic carbocycles. The molecule has 0 aromatic heterocycles. The topological polar surface area (TPSA) is 38.5 Å². The van der Waals surface area contributed by atoms with Crippen molar-refractivity contribution < 1.29 is 9.13 Å². The third-order valence-corrected chi connectivity index (χ3v) is 4.73. The summed E-state index contributed by atoms with van der Waals surface area (Å²) in [4.78, 5) is 2.46. The van der Waals surface area contributed by atoms with Crippen molar-refractivity contribution in [1.82, 2.24) is 4.90 Å². The number of fused-ring (bicyclic) bond motifs is 1. The third kappa shape index (κ3) is 2.54. The van der Waals surface area contributed by atoms with Crippen molar-refractivity contribution >= 4 is 0 Å². The van der Waals surface area contributed by atoms with Crippen molar-refractivity contribution in [2.24, 2.45) is 5.73 Å². The Labute approximate surface area is 119 Å². The van der Waals surface area contributed by atoms with Crippen LogP contribution in [0.3, 0.4) is 0 Å². The van der Waals surface area contributed by atoms with E-state index >= 15 is 0 Å². The van der Waals surface area contributed by atoms with Gasteiger partial charge in [-0.2, -0.15) is 0 Å². The molecule has 3 nitrogen and oxygen atoms in total. The van der Waals surface area contributed by atoms with Crippen LogP contribution in [0.25, 0.3) is 0 Å². The summed E-state index contributed by atoms with van der Waals surface area (Å²) in [6.45, 7) is 5.47. The number of nitrogens with zero attached hydrogens (tertiary/aromatic N) is 1. The number of likely N-dealkylation sites (tertiary alicyclic amines) is 1. The molecule has 20 heavy (non-hydrogen) atoms. The second kappa shape index (κ2) is 5.34. The van der Waals surface area contributed by atoms with Gasteiger partial charge in [-0.15, -0.1) is 0 Å². The summed E-state index contributed by atoms with van der Waals surface area (Å²) in [6, 6.07) is 4.58. The first kappa shape index (κ1) is 13.8. The van der Waals surface area contributed by atoms with Crippen LogP contribution in [-0.2, 0) is 0 Å². The fraction of sp³-hybridized carbons (Fsp3) is 0.625. The number of rotatable bonds is 1. The molecule has 0 saturated carbocycles. The lowest BCUT2D eigenvalue weighted by Crippen LogP contribution is -2.43. The summed E-state index contributed by atoms with van der Waals surface area (Å²) in [6.07, 6.45) is 3.97. The molecule has 1 saturated heterocycles. The summed E-state index contributed by atoms with van der Waals surface area (Å²) in [5.41, 5.74) is 6.93. The van der Waals surface area contributed by atoms with Gasteiger partial charge in [0.25, 0.3) is 0 Å². The van der Waals surface area contributed by atoms with Crippen LogP contribution in [0, 0.1) is 5.82 Å². The Morgan fingerprint density at radius 1 is 1.40 bits per heavy atom. The molecule has 2 atom stereocenters. The summed E-state index contributed by atoms with van der Waals surface area (Å²) < 4.78 is 19.6.